The molecular weight excluding hydrogens is 204 g/mol. The van der Waals surface area contributed by atoms with Crippen LogP contribution in [-0.4, -0.2) is 55.5 Å². The summed E-state index contributed by atoms with van der Waals surface area (Å²) in [5.41, 5.74) is 0. The van der Waals surface area contributed by atoms with Gasteiger partial charge in [-0.1, -0.05) is 0 Å². The summed E-state index contributed by atoms with van der Waals surface area (Å²) >= 11 is 0. The van der Waals surface area contributed by atoms with Crippen LogP contribution in [0.15, 0.2) is 0 Å². The normalized spacial score (nSPS) is 44.2. The van der Waals surface area contributed by atoms with Gasteiger partial charge in [0.1, 0.15) is 12.2 Å². The Morgan fingerprint density at radius 2 is 2.20 bits per heavy atom. The van der Waals surface area contributed by atoms with Crippen molar-refractivity contribution in [1.82, 2.24) is 0 Å². The highest BCUT2D eigenvalue weighted by atomic mass is 16.7. The molecule has 1 N–H and O–H groups in total. The Labute approximate surface area is 87.1 Å². The second-order valence-corrected chi connectivity index (χ2v) is 3.47. The van der Waals surface area contributed by atoms with Crippen LogP contribution >= 0.6 is 0 Å². The van der Waals surface area contributed by atoms with Gasteiger partial charge in [0.05, 0.1) is 0 Å². The molecule has 0 radical (unpaired) electrons. The van der Waals surface area contributed by atoms with Crippen LogP contribution in [-0.2, 0) is 23.7 Å². The van der Waals surface area contributed by atoms with Crippen molar-refractivity contribution < 1.29 is 28.8 Å². The van der Waals surface area contributed by atoms with Gasteiger partial charge in [-0.25, -0.2) is 4.79 Å². The number of hydrogen-bond acceptors (Lipinski definition) is 6. The fourth-order valence-electron chi connectivity index (χ4n) is 1.91. The van der Waals surface area contributed by atoms with Crippen LogP contribution in [0.3, 0.4) is 0 Å². The Kier molecular flexibility index (Phi) is 2.92. The first-order valence-corrected chi connectivity index (χ1v) is 4.87. The van der Waals surface area contributed by atoms with Crippen LogP contribution < -0.4 is 0 Å². The minimum absolute atomic E-state index is 0.423. The number of carbonyl (C=O) groups excluding carboxylic acids is 1. The molecular formula is C9H14O6. The molecule has 6 heteroatoms. The van der Waals surface area contributed by atoms with E-state index in [0.717, 1.165) is 0 Å². The lowest BCUT2D eigenvalue weighted by molar-refractivity contribution is -0.187. The lowest BCUT2D eigenvalue weighted by Crippen LogP contribution is -2.33. The van der Waals surface area contributed by atoms with E-state index in [4.69, 9.17) is 18.9 Å². The van der Waals surface area contributed by atoms with E-state index in [1.54, 1.807) is 6.92 Å². The maximum Gasteiger partial charge on any atom is 0.338 e. The van der Waals surface area contributed by atoms with Crippen molar-refractivity contribution in [2.75, 3.05) is 13.7 Å². The van der Waals surface area contributed by atoms with Gasteiger partial charge in [-0.05, 0) is 6.92 Å². The Morgan fingerprint density at radius 1 is 1.47 bits per heavy atom. The van der Waals surface area contributed by atoms with Crippen molar-refractivity contribution >= 4 is 5.97 Å². The van der Waals surface area contributed by atoms with Crippen LogP contribution in [0.4, 0.5) is 0 Å². The molecule has 2 aliphatic heterocycles. The SMILES string of the molecule is CCO[C@H]1O[C@H]2[C@H](OC(=O)[C@H]2OC)[C@H]1O. The van der Waals surface area contributed by atoms with Crippen molar-refractivity contribution in [1.29, 1.82) is 0 Å². The summed E-state index contributed by atoms with van der Waals surface area (Å²) in [5, 5.41) is 9.74. The van der Waals surface area contributed by atoms with E-state index in [1.807, 2.05) is 0 Å². The largest absolute Gasteiger partial charge is 0.454 e. The summed E-state index contributed by atoms with van der Waals surface area (Å²) < 4.78 is 20.4. The van der Waals surface area contributed by atoms with Crippen LogP contribution in [0.5, 0.6) is 0 Å². The molecule has 0 spiro atoms. The van der Waals surface area contributed by atoms with Gasteiger partial charge in [0.15, 0.2) is 18.5 Å². The molecule has 2 heterocycles. The van der Waals surface area contributed by atoms with Crippen LogP contribution in [0.25, 0.3) is 0 Å². The Bertz CT molecular complexity index is 255. The van der Waals surface area contributed by atoms with Crippen LogP contribution in [0, 0.1) is 0 Å². The minimum Gasteiger partial charge on any atom is -0.454 e. The summed E-state index contributed by atoms with van der Waals surface area (Å²) in [6.45, 7) is 2.22. The second-order valence-electron chi connectivity index (χ2n) is 3.47. The number of hydrogen-bond donors (Lipinski definition) is 1. The zero-order chi connectivity index (χ0) is 11.0. The summed E-state index contributed by atoms with van der Waals surface area (Å²) in [6, 6.07) is 0. The molecule has 2 rings (SSSR count). The second kappa shape index (κ2) is 4.05. The minimum atomic E-state index is -0.945. The number of esters is 1. The summed E-state index contributed by atoms with van der Waals surface area (Å²) in [7, 11) is 1.40. The van der Waals surface area contributed by atoms with Crippen molar-refractivity contribution in [2.45, 2.75) is 37.6 Å². The first-order valence-electron chi connectivity index (χ1n) is 4.87. The van der Waals surface area contributed by atoms with Gasteiger partial charge in [0.2, 0.25) is 0 Å². The van der Waals surface area contributed by atoms with Crippen molar-refractivity contribution in [2.24, 2.45) is 0 Å². The smallest absolute Gasteiger partial charge is 0.338 e. The number of rotatable bonds is 3. The van der Waals surface area contributed by atoms with E-state index >= 15 is 0 Å². The van der Waals surface area contributed by atoms with Crippen LogP contribution in [0.1, 0.15) is 6.92 Å². The lowest BCUT2D eigenvalue weighted by atomic mass is 10.1. The molecule has 2 fully saturated rings. The molecule has 2 saturated heterocycles. The molecule has 0 aromatic heterocycles. The summed E-state index contributed by atoms with van der Waals surface area (Å²) in [6.07, 6.45) is -3.71. The standard InChI is InChI=1S/C9H14O6/c1-3-13-9-4(10)5-6(15-9)7(12-2)8(11)14-5/h4-7,9-10H,3H2,1-2H3/t4-,5-,6+,7+,9+/m1/s1. The fourth-order valence-corrected chi connectivity index (χ4v) is 1.91. The van der Waals surface area contributed by atoms with Gasteiger partial charge in [-0.3, -0.25) is 0 Å². The third-order valence-corrected chi connectivity index (χ3v) is 2.60. The number of aliphatic hydroxyl groups excluding tert-OH is 1. The first kappa shape index (κ1) is 10.8. The maximum atomic E-state index is 11.2. The highest BCUT2D eigenvalue weighted by Gasteiger charge is 2.57. The molecule has 0 bridgehead atoms. The fraction of sp³-hybridized carbons (Fsp3) is 0.889. The van der Waals surface area contributed by atoms with Gasteiger partial charge in [0, 0.05) is 13.7 Å². The Balaban J connectivity index is 2.08. The zero-order valence-corrected chi connectivity index (χ0v) is 8.58. The van der Waals surface area contributed by atoms with Gasteiger partial charge < -0.3 is 24.1 Å². The average Bonchev–Trinajstić information content (AvgIpc) is 2.66. The molecule has 5 atom stereocenters. The summed E-state index contributed by atoms with van der Waals surface area (Å²) in [5.74, 6) is -0.499. The average molecular weight is 218 g/mol. The van der Waals surface area contributed by atoms with E-state index in [-0.39, 0.29) is 0 Å². The zero-order valence-electron chi connectivity index (χ0n) is 8.58. The molecule has 6 nitrogen and oxygen atoms in total. The number of methoxy groups -OCH3 is 1. The maximum absolute atomic E-state index is 11.2. The lowest BCUT2D eigenvalue weighted by Gasteiger charge is -2.17. The Hall–Kier alpha value is -0.690. The Morgan fingerprint density at radius 3 is 2.80 bits per heavy atom. The van der Waals surface area contributed by atoms with Crippen molar-refractivity contribution in [3.63, 3.8) is 0 Å². The van der Waals surface area contributed by atoms with Crippen molar-refractivity contribution in [3.8, 4) is 0 Å². The van der Waals surface area contributed by atoms with Gasteiger partial charge in [-0.15, -0.1) is 0 Å². The number of ether oxygens (including phenoxy) is 4. The molecule has 0 aliphatic carbocycles. The highest BCUT2D eigenvalue weighted by Crippen LogP contribution is 2.33. The van der Waals surface area contributed by atoms with E-state index in [1.165, 1.54) is 7.11 Å². The molecule has 2 aliphatic rings. The van der Waals surface area contributed by atoms with Gasteiger partial charge >= 0.3 is 5.97 Å². The third kappa shape index (κ3) is 1.63. The molecule has 0 unspecified atom stereocenters. The monoisotopic (exact) mass is 218 g/mol. The molecule has 15 heavy (non-hydrogen) atoms. The molecule has 0 aromatic rings. The predicted molar refractivity (Wildman–Crippen MR) is 47.0 cm³/mol. The molecule has 86 valence electrons. The molecule has 0 aromatic carbocycles. The van der Waals surface area contributed by atoms with E-state index in [0.29, 0.717) is 6.61 Å². The quantitative estimate of drug-likeness (QED) is 0.615. The van der Waals surface area contributed by atoms with Gasteiger partial charge in [-0.2, -0.15) is 0 Å². The first-order chi connectivity index (χ1) is 7.19. The predicted octanol–water partition coefficient (Wildman–Crippen LogP) is -0.951. The highest BCUT2D eigenvalue weighted by molar-refractivity contribution is 5.78. The van der Waals surface area contributed by atoms with Gasteiger partial charge in [0.25, 0.3) is 0 Å². The number of aliphatic hydroxyl groups is 1. The third-order valence-electron chi connectivity index (χ3n) is 2.60. The van der Waals surface area contributed by atoms with E-state index in [2.05, 4.69) is 0 Å². The van der Waals surface area contributed by atoms with E-state index in [9.17, 15) is 9.90 Å². The van der Waals surface area contributed by atoms with Crippen molar-refractivity contribution in [3.05, 3.63) is 0 Å². The topological polar surface area (TPSA) is 74.2 Å². The number of fused-ring (bicyclic) bond motifs is 1. The molecule has 0 saturated carbocycles. The molecule has 0 amide bonds. The number of carbonyl (C=O) groups is 1. The summed E-state index contributed by atoms with van der Waals surface area (Å²) in [4.78, 5) is 11.2. The van der Waals surface area contributed by atoms with Crippen LogP contribution in [0.2, 0.25) is 0 Å². The van der Waals surface area contributed by atoms with E-state index < -0.39 is 36.7 Å².